The second-order valence-electron chi connectivity index (χ2n) is 4.96. The fraction of sp³-hybridized carbons (Fsp3) is 0.500. The average molecular weight is 330 g/mol. The molecule has 0 unspecified atom stereocenters. The predicted molar refractivity (Wildman–Crippen MR) is 76.1 cm³/mol. The number of anilines is 1. The van der Waals surface area contributed by atoms with Crippen molar-refractivity contribution >= 4 is 27.6 Å². The SMILES string of the molecule is O=C(O)c1ccc(NCCC2CCCC2)c(F)c1Br. The Morgan fingerprint density at radius 2 is 2.11 bits per heavy atom. The van der Waals surface area contributed by atoms with E-state index in [1.165, 1.54) is 37.8 Å². The van der Waals surface area contributed by atoms with E-state index in [0.29, 0.717) is 5.69 Å². The Morgan fingerprint density at radius 3 is 2.74 bits per heavy atom. The summed E-state index contributed by atoms with van der Waals surface area (Å²) in [6.07, 6.45) is 6.19. The lowest BCUT2D eigenvalue weighted by Crippen LogP contribution is -2.09. The molecule has 5 heteroatoms. The van der Waals surface area contributed by atoms with E-state index in [0.717, 1.165) is 18.9 Å². The van der Waals surface area contributed by atoms with Crippen LogP contribution in [-0.2, 0) is 0 Å². The van der Waals surface area contributed by atoms with Gasteiger partial charge in [0.2, 0.25) is 0 Å². The van der Waals surface area contributed by atoms with E-state index in [1.807, 2.05) is 0 Å². The lowest BCUT2D eigenvalue weighted by molar-refractivity contribution is 0.0695. The van der Waals surface area contributed by atoms with Gasteiger partial charge in [-0.3, -0.25) is 0 Å². The molecule has 0 saturated heterocycles. The predicted octanol–water partition coefficient (Wildman–Crippen LogP) is 4.28. The zero-order valence-corrected chi connectivity index (χ0v) is 12.2. The summed E-state index contributed by atoms with van der Waals surface area (Å²) in [5.41, 5.74) is 0.300. The standard InChI is InChI=1S/C14H17BrFNO2/c15-12-10(14(18)19)5-6-11(13(12)16)17-8-7-9-3-1-2-4-9/h5-6,9,17H,1-4,7-8H2,(H,18,19). The maximum Gasteiger partial charge on any atom is 0.336 e. The Labute approximate surface area is 120 Å². The first kappa shape index (κ1) is 14.3. The monoisotopic (exact) mass is 329 g/mol. The summed E-state index contributed by atoms with van der Waals surface area (Å²) in [5.74, 6) is -0.924. The molecule has 19 heavy (non-hydrogen) atoms. The van der Waals surface area contributed by atoms with E-state index >= 15 is 0 Å². The van der Waals surface area contributed by atoms with Crippen molar-refractivity contribution in [1.29, 1.82) is 0 Å². The van der Waals surface area contributed by atoms with Crippen molar-refractivity contribution in [3.8, 4) is 0 Å². The number of carbonyl (C=O) groups is 1. The van der Waals surface area contributed by atoms with E-state index < -0.39 is 11.8 Å². The molecular weight excluding hydrogens is 313 g/mol. The molecule has 2 N–H and O–H groups in total. The number of hydrogen-bond acceptors (Lipinski definition) is 2. The maximum absolute atomic E-state index is 14.0. The topological polar surface area (TPSA) is 49.3 Å². The zero-order valence-electron chi connectivity index (χ0n) is 10.6. The summed E-state index contributed by atoms with van der Waals surface area (Å²) >= 11 is 2.99. The molecule has 0 spiro atoms. The molecular formula is C14H17BrFNO2. The Bertz CT molecular complexity index is 473. The fourth-order valence-corrected chi connectivity index (χ4v) is 3.08. The van der Waals surface area contributed by atoms with E-state index in [9.17, 15) is 9.18 Å². The van der Waals surface area contributed by atoms with Gasteiger partial charge in [-0.25, -0.2) is 9.18 Å². The zero-order chi connectivity index (χ0) is 13.8. The van der Waals surface area contributed by atoms with Crippen LogP contribution in [-0.4, -0.2) is 17.6 Å². The molecule has 3 nitrogen and oxygen atoms in total. The number of hydrogen-bond donors (Lipinski definition) is 2. The van der Waals surface area contributed by atoms with Gasteiger partial charge in [-0.2, -0.15) is 0 Å². The fourth-order valence-electron chi connectivity index (χ4n) is 2.56. The highest BCUT2D eigenvalue weighted by molar-refractivity contribution is 9.10. The molecule has 0 aliphatic heterocycles. The average Bonchev–Trinajstić information content (AvgIpc) is 2.87. The van der Waals surface area contributed by atoms with Crippen LogP contribution in [0.5, 0.6) is 0 Å². The minimum Gasteiger partial charge on any atom is -0.478 e. The largest absolute Gasteiger partial charge is 0.478 e. The third-order valence-electron chi connectivity index (χ3n) is 3.66. The van der Waals surface area contributed by atoms with Gasteiger partial charge in [0.1, 0.15) is 0 Å². The van der Waals surface area contributed by atoms with E-state index in [1.54, 1.807) is 0 Å². The van der Waals surface area contributed by atoms with Crippen LogP contribution in [0.4, 0.5) is 10.1 Å². The Morgan fingerprint density at radius 1 is 1.42 bits per heavy atom. The number of carboxylic acids is 1. The summed E-state index contributed by atoms with van der Waals surface area (Å²) in [4.78, 5) is 10.9. The molecule has 0 heterocycles. The van der Waals surface area contributed by atoms with Crippen LogP contribution in [0, 0.1) is 11.7 Å². The van der Waals surface area contributed by atoms with Gasteiger partial charge in [-0.1, -0.05) is 25.7 Å². The van der Waals surface area contributed by atoms with Crippen LogP contribution < -0.4 is 5.32 Å². The smallest absolute Gasteiger partial charge is 0.336 e. The minimum atomic E-state index is -1.14. The molecule has 0 bridgehead atoms. The van der Waals surface area contributed by atoms with Gasteiger partial charge >= 0.3 is 5.97 Å². The number of aromatic carboxylic acids is 1. The summed E-state index contributed by atoms with van der Waals surface area (Å²) in [6.45, 7) is 0.723. The molecule has 1 aromatic rings. The highest BCUT2D eigenvalue weighted by atomic mass is 79.9. The van der Waals surface area contributed by atoms with Crippen molar-refractivity contribution in [1.82, 2.24) is 0 Å². The van der Waals surface area contributed by atoms with Crippen LogP contribution in [0.15, 0.2) is 16.6 Å². The van der Waals surface area contributed by atoms with E-state index in [2.05, 4.69) is 21.2 Å². The molecule has 1 saturated carbocycles. The Kier molecular flexibility index (Phi) is 4.80. The number of rotatable bonds is 5. The lowest BCUT2D eigenvalue weighted by Gasteiger charge is -2.12. The third-order valence-corrected chi connectivity index (χ3v) is 4.43. The first-order valence-corrected chi connectivity index (χ1v) is 7.34. The second kappa shape index (κ2) is 6.37. The normalized spacial score (nSPS) is 15.7. The molecule has 2 rings (SSSR count). The van der Waals surface area contributed by atoms with Crippen molar-refractivity contribution < 1.29 is 14.3 Å². The highest BCUT2D eigenvalue weighted by Gasteiger charge is 2.17. The third kappa shape index (κ3) is 3.47. The molecule has 0 amide bonds. The van der Waals surface area contributed by atoms with Crippen LogP contribution >= 0.6 is 15.9 Å². The Hall–Kier alpha value is -1.10. The molecule has 104 valence electrons. The number of nitrogens with one attached hydrogen (secondary N) is 1. The molecule has 1 aliphatic rings. The summed E-state index contributed by atoms with van der Waals surface area (Å²) in [6, 6.07) is 2.89. The highest BCUT2D eigenvalue weighted by Crippen LogP contribution is 2.29. The molecule has 0 atom stereocenters. The molecule has 0 radical (unpaired) electrons. The minimum absolute atomic E-state index is 0.00543. The molecule has 1 aromatic carbocycles. The summed E-state index contributed by atoms with van der Waals surface area (Å²) in [7, 11) is 0. The van der Waals surface area contributed by atoms with Gasteiger partial charge in [0.05, 0.1) is 15.7 Å². The van der Waals surface area contributed by atoms with Gasteiger partial charge < -0.3 is 10.4 Å². The number of halogens is 2. The molecule has 0 aromatic heterocycles. The van der Waals surface area contributed by atoms with E-state index in [4.69, 9.17) is 5.11 Å². The first-order chi connectivity index (χ1) is 9.09. The summed E-state index contributed by atoms with van der Waals surface area (Å²) in [5, 5.41) is 11.9. The Balaban J connectivity index is 1.96. The van der Waals surface area contributed by atoms with Gasteiger partial charge in [-0.05, 0) is 40.4 Å². The van der Waals surface area contributed by atoms with Gasteiger partial charge in [0, 0.05) is 6.54 Å². The van der Waals surface area contributed by atoms with Crippen LogP contribution in [0.25, 0.3) is 0 Å². The van der Waals surface area contributed by atoms with Crippen molar-refractivity contribution in [3.05, 3.63) is 28.0 Å². The van der Waals surface area contributed by atoms with Gasteiger partial charge in [0.15, 0.2) is 5.82 Å². The lowest BCUT2D eigenvalue weighted by atomic mass is 10.0. The van der Waals surface area contributed by atoms with Crippen LogP contribution in [0.2, 0.25) is 0 Å². The van der Waals surface area contributed by atoms with E-state index in [-0.39, 0.29) is 10.0 Å². The second-order valence-corrected chi connectivity index (χ2v) is 5.75. The number of benzene rings is 1. The van der Waals surface area contributed by atoms with Crippen molar-refractivity contribution in [3.63, 3.8) is 0 Å². The molecule has 1 fully saturated rings. The van der Waals surface area contributed by atoms with Gasteiger partial charge in [0.25, 0.3) is 0 Å². The van der Waals surface area contributed by atoms with Crippen LogP contribution in [0.3, 0.4) is 0 Å². The quantitative estimate of drug-likeness (QED) is 0.847. The van der Waals surface area contributed by atoms with Crippen molar-refractivity contribution in [2.45, 2.75) is 32.1 Å². The maximum atomic E-state index is 14.0. The van der Waals surface area contributed by atoms with Crippen molar-refractivity contribution in [2.24, 2.45) is 5.92 Å². The molecule has 1 aliphatic carbocycles. The van der Waals surface area contributed by atoms with Crippen molar-refractivity contribution in [2.75, 3.05) is 11.9 Å². The van der Waals surface area contributed by atoms with Crippen LogP contribution in [0.1, 0.15) is 42.5 Å². The number of carboxylic acid groups (broad SMARTS) is 1. The van der Waals surface area contributed by atoms with Gasteiger partial charge in [-0.15, -0.1) is 0 Å². The summed E-state index contributed by atoms with van der Waals surface area (Å²) < 4.78 is 14.0. The first-order valence-electron chi connectivity index (χ1n) is 6.54.